The maximum absolute atomic E-state index is 12.8. The van der Waals surface area contributed by atoms with Crippen LogP contribution in [-0.2, 0) is 22.6 Å². The topological polar surface area (TPSA) is 47.4 Å². The van der Waals surface area contributed by atoms with Gasteiger partial charge in [0, 0.05) is 55.6 Å². The van der Waals surface area contributed by atoms with Gasteiger partial charge in [-0.3, -0.25) is 9.48 Å². The lowest BCUT2D eigenvalue weighted by Crippen LogP contribution is -2.29. The third kappa shape index (κ3) is 5.54. The maximum Gasteiger partial charge on any atom is 0.222 e. The average Bonchev–Trinajstić information content (AvgIpc) is 3.18. The number of benzene rings is 2. The van der Waals surface area contributed by atoms with Crippen molar-refractivity contribution in [2.24, 2.45) is 5.92 Å². The maximum atomic E-state index is 12.8. The summed E-state index contributed by atoms with van der Waals surface area (Å²) in [4.78, 5) is 14.7. The molecular formula is C25H28ClN3O2. The second-order valence-electron chi connectivity index (χ2n) is 8.17. The number of aromatic nitrogens is 2. The number of halogens is 1. The number of amides is 1. The van der Waals surface area contributed by atoms with Crippen molar-refractivity contribution in [2.45, 2.75) is 32.4 Å². The molecule has 0 spiro atoms. The Kier molecular flexibility index (Phi) is 7.05. The van der Waals surface area contributed by atoms with E-state index in [0.717, 1.165) is 53.5 Å². The highest BCUT2D eigenvalue weighted by Crippen LogP contribution is 2.25. The van der Waals surface area contributed by atoms with Gasteiger partial charge in [0.15, 0.2) is 0 Å². The molecule has 3 aromatic rings. The van der Waals surface area contributed by atoms with Gasteiger partial charge in [0.25, 0.3) is 0 Å². The lowest BCUT2D eigenvalue weighted by Gasteiger charge is -2.24. The van der Waals surface area contributed by atoms with E-state index in [4.69, 9.17) is 21.4 Å². The molecule has 6 heteroatoms. The summed E-state index contributed by atoms with van der Waals surface area (Å²) in [6, 6.07) is 17.9. The quantitative estimate of drug-likeness (QED) is 0.521. The number of nitrogens with zero attached hydrogens (tertiary/aromatic N) is 3. The van der Waals surface area contributed by atoms with Crippen molar-refractivity contribution in [3.05, 3.63) is 76.9 Å². The van der Waals surface area contributed by atoms with E-state index in [0.29, 0.717) is 25.4 Å². The minimum Gasteiger partial charge on any atom is -0.381 e. The lowest BCUT2D eigenvalue weighted by atomic mass is 9.96. The van der Waals surface area contributed by atoms with Gasteiger partial charge in [-0.25, -0.2) is 0 Å². The molecule has 1 amide bonds. The van der Waals surface area contributed by atoms with Crippen LogP contribution in [0.3, 0.4) is 0 Å². The molecule has 0 bridgehead atoms. The highest BCUT2D eigenvalue weighted by atomic mass is 35.5. The van der Waals surface area contributed by atoms with Crippen molar-refractivity contribution in [3.63, 3.8) is 0 Å². The van der Waals surface area contributed by atoms with Crippen LogP contribution in [0.2, 0.25) is 5.02 Å². The Morgan fingerprint density at radius 1 is 1.10 bits per heavy atom. The van der Waals surface area contributed by atoms with Crippen LogP contribution in [0.15, 0.2) is 60.8 Å². The van der Waals surface area contributed by atoms with Gasteiger partial charge in [0.1, 0.15) is 0 Å². The molecule has 0 radical (unpaired) electrons. The van der Waals surface area contributed by atoms with Gasteiger partial charge in [-0.15, -0.1) is 0 Å². The molecule has 0 saturated carbocycles. The predicted octanol–water partition coefficient (Wildman–Crippen LogP) is 5.03. The molecule has 1 fully saturated rings. The Balaban J connectivity index is 1.54. The van der Waals surface area contributed by atoms with E-state index in [2.05, 4.69) is 12.1 Å². The highest BCUT2D eigenvalue weighted by molar-refractivity contribution is 6.31. The second kappa shape index (κ2) is 10.1. The zero-order valence-electron chi connectivity index (χ0n) is 17.8. The number of hydrogen-bond acceptors (Lipinski definition) is 3. The molecule has 2 aromatic carbocycles. The predicted molar refractivity (Wildman–Crippen MR) is 123 cm³/mol. The third-order valence-electron chi connectivity index (χ3n) is 5.81. The normalized spacial score (nSPS) is 14.5. The summed E-state index contributed by atoms with van der Waals surface area (Å²) in [6.45, 7) is 2.62. The van der Waals surface area contributed by atoms with Crippen LogP contribution >= 0.6 is 11.6 Å². The number of carbonyl (C=O) groups excluding carboxylic acids is 1. The van der Waals surface area contributed by atoms with E-state index in [1.807, 2.05) is 65.3 Å². The van der Waals surface area contributed by atoms with Crippen LogP contribution < -0.4 is 0 Å². The Morgan fingerprint density at radius 3 is 2.55 bits per heavy atom. The van der Waals surface area contributed by atoms with E-state index in [-0.39, 0.29) is 5.91 Å². The summed E-state index contributed by atoms with van der Waals surface area (Å²) in [7, 11) is 1.88. The molecule has 0 N–H and O–H groups in total. The Morgan fingerprint density at radius 2 is 1.81 bits per heavy atom. The van der Waals surface area contributed by atoms with Gasteiger partial charge in [0.05, 0.1) is 12.2 Å². The molecule has 0 aliphatic carbocycles. The smallest absolute Gasteiger partial charge is 0.222 e. The lowest BCUT2D eigenvalue weighted by molar-refractivity contribution is -0.132. The first-order chi connectivity index (χ1) is 15.1. The van der Waals surface area contributed by atoms with E-state index in [1.54, 1.807) is 0 Å². The first-order valence-corrected chi connectivity index (χ1v) is 11.1. The van der Waals surface area contributed by atoms with Crippen molar-refractivity contribution >= 4 is 17.5 Å². The van der Waals surface area contributed by atoms with Crippen LogP contribution in [0.4, 0.5) is 0 Å². The Bertz CT molecular complexity index is 1010. The molecule has 2 heterocycles. The Labute approximate surface area is 188 Å². The van der Waals surface area contributed by atoms with Gasteiger partial charge in [-0.2, -0.15) is 5.10 Å². The molecule has 31 heavy (non-hydrogen) atoms. The zero-order chi connectivity index (χ0) is 21.6. The van der Waals surface area contributed by atoms with Crippen LogP contribution in [0.25, 0.3) is 11.3 Å². The number of hydrogen-bond donors (Lipinski definition) is 0. The molecular weight excluding hydrogens is 410 g/mol. The summed E-state index contributed by atoms with van der Waals surface area (Å²) in [5.74, 6) is 0.588. The first-order valence-electron chi connectivity index (χ1n) is 10.8. The SMILES string of the molecule is CN(Cc1cn(Cc2ccccc2Cl)nc1-c1ccccc1)C(=O)CC1CCOCC1. The molecule has 1 saturated heterocycles. The van der Waals surface area contributed by atoms with E-state index in [1.165, 1.54) is 0 Å². The monoisotopic (exact) mass is 437 g/mol. The third-order valence-corrected chi connectivity index (χ3v) is 6.18. The van der Waals surface area contributed by atoms with E-state index in [9.17, 15) is 4.79 Å². The number of carbonyl (C=O) groups is 1. The van der Waals surface area contributed by atoms with Crippen molar-refractivity contribution in [2.75, 3.05) is 20.3 Å². The van der Waals surface area contributed by atoms with Gasteiger partial charge in [-0.1, -0.05) is 60.1 Å². The molecule has 0 unspecified atom stereocenters. The molecule has 1 aliphatic rings. The van der Waals surface area contributed by atoms with E-state index < -0.39 is 0 Å². The molecule has 5 nitrogen and oxygen atoms in total. The molecule has 4 rings (SSSR count). The second-order valence-corrected chi connectivity index (χ2v) is 8.57. The fourth-order valence-electron chi connectivity index (χ4n) is 4.00. The van der Waals surface area contributed by atoms with Crippen molar-refractivity contribution in [3.8, 4) is 11.3 Å². The summed E-state index contributed by atoms with van der Waals surface area (Å²) in [6.07, 6.45) is 4.54. The first kappa shape index (κ1) is 21.6. The minimum atomic E-state index is 0.171. The number of rotatable bonds is 7. The molecule has 162 valence electrons. The molecule has 1 aromatic heterocycles. The molecule has 1 aliphatic heterocycles. The minimum absolute atomic E-state index is 0.171. The van der Waals surface area contributed by atoms with Crippen LogP contribution in [0, 0.1) is 5.92 Å². The summed E-state index contributed by atoms with van der Waals surface area (Å²) >= 11 is 6.35. The van der Waals surface area contributed by atoms with Crippen molar-refractivity contribution in [1.82, 2.24) is 14.7 Å². The fraction of sp³-hybridized carbons (Fsp3) is 0.360. The summed E-state index contributed by atoms with van der Waals surface area (Å²) in [5, 5.41) is 5.57. The Hall–Kier alpha value is -2.63. The average molecular weight is 438 g/mol. The largest absolute Gasteiger partial charge is 0.381 e. The van der Waals surface area contributed by atoms with Gasteiger partial charge in [-0.05, 0) is 30.4 Å². The highest BCUT2D eigenvalue weighted by Gasteiger charge is 2.21. The van der Waals surface area contributed by atoms with Crippen LogP contribution in [0.5, 0.6) is 0 Å². The summed E-state index contributed by atoms with van der Waals surface area (Å²) in [5.41, 5.74) is 3.99. The van der Waals surface area contributed by atoms with Crippen molar-refractivity contribution in [1.29, 1.82) is 0 Å². The van der Waals surface area contributed by atoms with Crippen LogP contribution in [-0.4, -0.2) is 40.8 Å². The van der Waals surface area contributed by atoms with Gasteiger partial charge >= 0.3 is 0 Å². The van der Waals surface area contributed by atoms with Gasteiger partial charge in [0.2, 0.25) is 5.91 Å². The van der Waals surface area contributed by atoms with E-state index >= 15 is 0 Å². The standard InChI is InChI=1S/C25H28ClN3O2/c1-28(24(30)15-19-11-13-31-14-12-19)16-22-18-29(17-21-9-5-6-10-23(21)26)27-25(22)20-7-3-2-4-8-20/h2-10,18-19H,11-17H2,1H3. The van der Waals surface area contributed by atoms with Crippen molar-refractivity contribution < 1.29 is 9.53 Å². The fourth-order valence-corrected chi connectivity index (χ4v) is 4.19. The number of ether oxygens (including phenoxy) is 1. The molecule has 0 atom stereocenters. The zero-order valence-corrected chi connectivity index (χ0v) is 18.6. The van der Waals surface area contributed by atoms with Crippen LogP contribution in [0.1, 0.15) is 30.4 Å². The van der Waals surface area contributed by atoms with Gasteiger partial charge < -0.3 is 9.64 Å². The summed E-state index contributed by atoms with van der Waals surface area (Å²) < 4.78 is 7.33.